The van der Waals surface area contributed by atoms with Crippen molar-refractivity contribution >= 4 is 5.91 Å². The second kappa shape index (κ2) is 6.61. The van der Waals surface area contributed by atoms with Crippen molar-refractivity contribution in [2.24, 2.45) is 5.73 Å². The normalized spacial score (nSPS) is 13.9. The lowest BCUT2D eigenvalue weighted by atomic mass is 10.2. The Morgan fingerprint density at radius 1 is 1.40 bits per heavy atom. The van der Waals surface area contributed by atoms with E-state index >= 15 is 0 Å². The molecule has 0 aromatic heterocycles. The van der Waals surface area contributed by atoms with Crippen LogP contribution in [0.25, 0.3) is 0 Å². The third-order valence-corrected chi connectivity index (χ3v) is 3.41. The minimum absolute atomic E-state index is 0.0122. The third kappa shape index (κ3) is 3.42. The summed E-state index contributed by atoms with van der Waals surface area (Å²) in [7, 11) is 1.82. The van der Waals surface area contributed by atoms with Crippen molar-refractivity contribution in [3.63, 3.8) is 0 Å². The smallest absolute Gasteiger partial charge is 0.260 e. The molecule has 1 aliphatic carbocycles. The van der Waals surface area contributed by atoms with Crippen LogP contribution in [0.4, 0.5) is 0 Å². The first kappa shape index (κ1) is 14.7. The molecule has 1 fully saturated rings. The Bertz CT molecular complexity index is 472. The molecule has 5 heteroatoms. The van der Waals surface area contributed by atoms with E-state index in [0.717, 1.165) is 18.4 Å². The lowest BCUT2D eigenvalue weighted by molar-refractivity contribution is -0.132. The Morgan fingerprint density at radius 3 is 2.75 bits per heavy atom. The number of carbonyl (C=O) groups is 1. The van der Waals surface area contributed by atoms with E-state index in [9.17, 15) is 4.79 Å². The summed E-state index contributed by atoms with van der Waals surface area (Å²) in [6.45, 7) is 2.82. The Morgan fingerprint density at radius 2 is 2.15 bits per heavy atom. The summed E-state index contributed by atoms with van der Waals surface area (Å²) in [5.41, 5.74) is 6.55. The fourth-order valence-corrected chi connectivity index (χ4v) is 2.06. The minimum atomic E-state index is -0.0122. The molecular weight excluding hydrogens is 256 g/mol. The number of hydrogen-bond acceptors (Lipinski definition) is 4. The Kier molecular flexibility index (Phi) is 4.84. The number of hydrogen-bond donors (Lipinski definition) is 1. The number of carbonyl (C=O) groups excluding carboxylic acids is 1. The molecule has 0 heterocycles. The van der Waals surface area contributed by atoms with Gasteiger partial charge in [0.15, 0.2) is 18.1 Å². The van der Waals surface area contributed by atoms with Crippen LogP contribution in [0.3, 0.4) is 0 Å². The van der Waals surface area contributed by atoms with Gasteiger partial charge in [0.2, 0.25) is 0 Å². The molecular formula is C15H22N2O3. The first-order chi connectivity index (χ1) is 9.67. The van der Waals surface area contributed by atoms with Gasteiger partial charge in [0.25, 0.3) is 5.91 Å². The van der Waals surface area contributed by atoms with Crippen LogP contribution >= 0.6 is 0 Å². The molecule has 1 aromatic rings. The van der Waals surface area contributed by atoms with Gasteiger partial charge in [0.05, 0.1) is 6.61 Å². The standard InChI is InChI=1S/C15H22N2O3/c1-3-19-13-6-4-5-11(9-16)15(13)20-10-14(18)17(2)12-7-8-12/h4-6,12H,3,7-10,16H2,1-2H3. The second-order valence-electron chi connectivity index (χ2n) is 4.91. The molecule has 1 saturated carbocycles. The van der Waals surface area contributed by atoms with E-state index in [0.29, 0.717) is 30.7 Å². The van der Waals surface area contributed by atoms with Crippen LogP contribution < -0.4 is 15.2 Å². The van der Waals surface area contributed by atoms with Crippen molar-refractivity contribution in [3.8, 4) is 11.5 Å². The van der Waals surface area contributed by atoms with E-state index in [1.165, 1.54) is 0 Å². The highest BCUT2D eigenvalue weighted by Crippen LogP contribution is 2.31. The van der Waals surface area contributed by atoms with E-state index in [1.54, 1.807) is 4.90 Å². The fourth-order valence-electron chi connectivity index (χ4n) is 2.06. The van der Waals surface area contributed by atoms with Crippen molar-refractivity contribution in [2.45, 2.75) is 32.4 Å². The van der Waals surface area contributed by atoms with Crippen LogP contribution in [-0.4, -0.2) is 37.1 Å². The highest BCUT2D eigenvalue weighted by Gasteiger charge is 2.29. The monoisotopic (exact) mass is 278 g/mol. The Balaban J connectivity index is 2.04. The predicted molar refractivity (Wildman–Crippen MR) is 76.8 cm³/mol. The van der Waals surface area contributed by atoms with Crippen molar-refractivity contribution in [3.05, 3.63) is 23.8 Å². The summed E-state index contributed by atoms with van der Waals surface area (Å²) in [6, 6.07) is 5.97. The molecule has 0 atom stereocenters. The zero-order valence-corrected chi connectivity index (χ0v) is 12.1. The molecule has 1 aromatic carbocycles. The van der Waals surface area contributed by atoms with Gasteiger partial charge in [-0.2, -0.15) is 0 Å². The molecule has 110 valence electrons. The van der Waals surface area contributed by atoms with Gasteiger partial charge in [0.1, 0.15) is 0 Å². The first-order valence-corrected chi connectivity index (χ1v) is 7.00. The molecule has 0 bridgehead atoms. The maximum atomic E-state index is 12.0. The van der Waals surface area contributed by atoms with Crippen LogP contribution in [-0.2, 0) is 11.3 Å². The summed E-state index contributed by atoms with van der Waals surface area (Å²) in [5.74, 6) is 1.20. The first-order valence-electron chi connectivity index (χ1n) is 7.00. The quantitative estimate of drug-likeness (QED) is 0.821. The lowest BCUT2D eigenvalue weighted by Gasteiger charge is -2.19. The van der Waals surface area contributed by atoms with E-state index in [1.807, 2.05) is 32.2 Å². The average Bonchev–Trinajstić information content (AvgIpc) is 3.29. The molecule has 0 spiro atoms. The summed E-state index contributed by atoms with van der Waals surface area (Å²) in [4.78, 5) is 13.8. The molecule has 0 saturated heterocycles. The SMILES string of the molecule is CCOc1cccc(CN)c1OCC(=O)N(C)C1CC1. The number of amides is 1. The molecule has 1 amide bonds. The highest BCUT2D eigenvalue weighted by molar-refractivity contribution is 5.78. The summed E-state index contributed by atoms with van der Waals surface area (Å²) < 4.78 is 11.2. The average molecular weight is 278 g/mol. The van der Waals surface area contributed by atoms with Gasteiger partial charge in [-0.15, -0.1) is 0 Å². The maximum absolute atomic E-state index is 12.0. The van der Waals surface area contributed by atoms with Gasteiger partial charge in [-0.25, -0.2) is 0 Å². The molecule has 0 aliphatic heterocycles. The topological polar surface area (TPSA) is 64.8 Å². The number of ether oxygens (including phenoxy) is 2. The van der Waals surface area contributed by atoms with E-state index in [2.05, 4.69) is 0 Å². The highest BCUT2D eigenvalue weighted by atomic mass is 16.5. The van der Waals surface area contributed by atoms with E-state index in [-0.39, 0.29) is 12.5 Å². The molecule has 20 heavy (non-hydrogen) atoms. The molecule has 5 nitrogen and oxygen atoms in total. The molecule has 2 N–H and O–H groups in total. The predicted octanol–water partition coefficient (Wildman–Crippen LogP) is 1.54. The van der Waals surface area contributed by atoms with Gasteiger partial charge in [-0.1, -0.05) is 12.1 Å². The van der Waals surface area contributed by atoms with Gasteiger partial charge >= 0.3 is 0 Å². The van der Waals surface area contributed by atoms with Crippen LogP contribution in [0.5, 0.6) is 11.5 Å². The summed E-state index contributed by atoms with van der Waals surface area (Å²) in [5, 5.41) is 0. The lowest BCUT2D eigenvalue weighted by Crippen LogP contribution is -2.33. The van der Waals surface area contributed by atoms with Crippen LogP contribution in [0.15, 0.2) is 18.2 Å². The van der Waals surface area contributed by atoms with E-state index in [4.69, 9.17) is 15.2 Å². The van der Waals surface area contributed by atoms with Crippen molar-refractivity contribution in [2.75, 3.05) is 20.3 Å². The van der Waals surface area contributed by atoms with Gasteiger partial charge < -0.3 is 20.1 Å². The molecule has 1 aliphatic rings. The van der Waals surface area contributed by atoms with Crippen molar-refractivity contribution < 1.29 is 14.3 Å². The number of para-hydroxylation sites is 1. The molecule has 2 rings (SSSR count). The number of nitrogens with two attached hydrogens (primary N) is 1. The molecule has 0 radical (unpaired) electrons. The number of likely N-dealkylation sites (N-methyl/N-ethyl adjacent to an activating group) is 1. The maximum Gasteiger partial charge on any atom is 0.260 e. The summed E-state index contributed by atoms with van der Waals surface area (Å²) in [6.07, 6.45) is 2.18. The van der Waals surface area contributed by atoms with Crippen molar-refractivity contribution in [1.29, 1.82) is 0 Å². The summed E-state index contributed by atoms with van der Waals surface area (Å²) >= 11 is 0. The Hall–Kier alpha value is -1.75. The largest absolute Gasteiger partial charge is 0.490 e. The van der Waals surface area contributed by atoms with Crippen LogP contribution in [0.1, 0.15) is 25.3 Å². The minimum Gasteiger partial charge on any atom is -0.490 e. The number of nitrogens with zero attached hydrogens (tertiary/aromatic N) is 1. The van der Waals surface area contributed by atoms with Crippen molar-refractivity contribution in [1.82, 2.24) is 4.90 Å². The Labute approximate surface area is 119 Å². The third-order valence-electron chi connectivity index (χ3n) is 3.41. The number of benzene rings is 1. The van der Waals surface area contributed by atoms with E-state index < -0.39 is 0 Å². The number of rotatable bonds is 7. The van der Waals surface area contributed by atoms with Gasteiger partial charge in [-0.3, -0.25) is 4.79 Å². The second-order valence-corrected chi connectivity index (χ2v) is 4.91. The fraction of sp³-hybridized carbons (Fsp3) is 0.533. The zero-order chi connectivity index (χ0) is 14.5. The van der Waals surface area contributed by atoms with Gasteiger partial charge in [-0.05, 0) is 25.8 Å². The van der Waals surface area contributed by atoms with Crippen LogP contribution in [0.2, 0.25) is 0 Å². The van der Waals surface area contributed by atoms with Gasteiger partial charge in [0, 0.05) is 25.2 Å². The van der Waals surface area contributed by atoms with Crippen LogP contribution in [0, 0.1) is 0 Å². The zero-order valence-electron chi connectivity index (χ0n) is 12.1. The molecule has 0 unspecified atom stereocenters.